The van der Waals surface area contributed by atoms with Gasteiger partial charge in [0.15, 0.2) is 5.65 Å². The van der Waals surface area contributed by atoms with Crippen molar-refractivity contribution in [3.05, 3.63) is 48.5 Å². The van der Waals surface area contributed by atoms with Crippen LogP contribution in [0.25, 0.3) is 28.0 Å². The number of piperazine rings is 1. The van der Waals surface area contributed by atoms with Crippen molar-refractivity contribution in [1.82, 2.24) is 24.6 Å². The van der Waals surface area contributed by atoms with Crippen molar-refractivity contribution in [3.63, 3.8) is 0 Å². The summed E-state index contributed by atoms with van der Waals surface area (Å²) in [6.07, 6.45) is 1.42. The van der Waals surface area contributed by atoms with Crippen LogP contribution in [0.15, 0.2) is 48.5 Å². The fraction of sp³-hybridized carbons (Fsp3) is 0.357. The third kappa shape index (κ3) is 4.69. The van der Waals surface area contributed by atoms with Crippen LogP contribution in [-0.2, 0) is 9.53 Å². The zero-order valence-corrected chi connectivity index (χ0v) is 22.0. The fourth-order valence-electron chi connectivity index (χ4n) is 5.12. The van der Waals surface area contributed by atoms with Crippen molar-refractivity contribution in [3.8, 4) is 28.4 Å². The summed E-state index contributed by atoms with van der Waals surface area (Å²) < 4.78 is 17.9. The number of nitrogens with two attached hydrogens (primary N) is 1. The lowest BCUT2D eigenvalue weighted by Crippen LogP contribution is -2.51. The Labute approximate surface area is 226 Å². The molecule has 11 heteroatoms. The predicted octanol–water partition coefficient (Wildman–Crippen LogP) is 2.91. The lowest BCUT2D eigenvalue weighted by atomic mass is 10.1. The van der Waals surface area contributed by atoms with Gasteiger partial charge in [-0.15, -0.1) is 5.10 Å². The Bertz CT molecular complexity index is 1470. The number of nitrogens with zero attached hydrogens (tertiary/aromatic N) is 6. The van der Waals surface area contributed by atoms with Gasteiger partial charge in [-0.05, 0) is 61.4 Å². The molecular weight excluding hydrogens is 498 g/mol. The number of benzene rings is 2. The van der Waals surface area contributed by atoms with E-state index >= 15 is 0 Å². The van der Waals surface area contributed by atoms with Gasteiger partial charge in [0.05, 0.1) is 31.0 Å². The van der Waals surface area contributed by atoms with Crippen LogP contribution in [0.5, 0.6) is 11.5 Å². The fourth-order valence-corrected chi connectivity index (χ4v) is 5.12. The second kappa shape index (κ2) is 10.4. The molecule has 2 N–H and O–H groups in total. The maximum absolute atomic E-state index is 12.8. The van der Waals surface area contributed by atoms with Crippen molar-refractivity contribution in [1.29, 1.82) is 0 Å². The van der Waals surface area contributed by atoms with Crippen LogP contribution >= 0.6 is 0 Å². The summed E-state index contributed by atoms with van der Waals surface area (Å²) in [7, 11) is 3.26. The Hall–Kier alpha value is -4.38. The van der Waals surface area contributed by atoms with Gasteiger partial charge >= 0.3 is 0 Å². The van der Waals surface area contributed by atoms with Crippen molar-refractivity contribution in [2.45, 2.75) is 18.9 Å². The van der Waals surface area contributed by atoms with E-state index < -0.39 is 0 Å². The number of fused-ring (bicyclic) bond motifs is 1. The number of hydrogen-bond acceptors (Lipinski definition) is 9. The zero-order valence-electron chi connectivity index (χ0n) is 22.0. The molecule has 0 saturated carbocycles. The second-order valence-corrected chi connectivity index (χ2v) is 9.61. The highest BCUT2D eigenvalue weighted by Crippen LogP contribution is 2.34. The molecule has 2 saturated heterocycles. The topological polar surface area (TPSA) is 121 Å². The van der Waals surface area contributed by atoms with Gasteiger partial charge < -0.3 is 29.7 Å². The SMILES string of the molecule is COc1ccc(-c2nc(N3CCN(C(=O)[C@@H]4CCCO4)CC3)nc3nn(-c4ccc(OC)cc4)c(N)c23)cc1. The Morgan fingerprint density at radius 3 is 2.23 bits per heavy atom. The van der Waals surface area contributed by atoms with Crippen LogP contribution in [0, 0.1) is 0 Å². The van der Waals surface area contributed by atoms with Crippen LogP contribution in [0.4, 0.5) is 11.8 Å². The number of carbonyl (C=O) groups is 1. The Morgan fingerprint density at radius 1 is 0.949 bits per heavy atom. The van der Waals surface area contributed by atoms with Gasteiger partial charge in [0.25, 0.3) is 5.91 Å². The molecule has 0 radical (unpaired) electrons. The van der Waals surface area contributed by atoms with Gasteiger partial charge in [-0.1, -0.05) is 0 Å². The molecule has 2 fully saturated rings. The molecule has 4 aromatic rings. The van der Waals surface area contributed by atoms with Crippen LogP contribution in [0.2, 0.25) is 0 Å². The molecule has 0 bridgehead atoms. The maximum Gasteiger partial charge on any atom is 0.251 e. The van der Waals surface area contributed by atoms with Gasteiger partial charge in [-0.2, -0.15) is 4.98 Å². The van der Waals surface area contributed by atoms with Gasteiger partial charge in [-0.3, -0.25) is 4.79 Å². The number of anilines is 2. The van der Waals surface area contributed by atoms with E-state index in [4.69, 9.17) is 35.0 Å². The third-order valence-electron chi connectivity index (χ3n) is 7.32. The smallest absolute Gasteiger partial charge is 0.251 e. The van der Waals surface area contributed by atoms with Crippen LogP contribution in [0.3, 0.4) is 0 Å². The number of rotatable bonds is 6. The molecule has 6 rings (SSSR count). The van der Waals surface area contributed by atoms with Gasteiger partial charge in [-0.25, -0.2) is 9.67 Å². The Morgan fingerprint density at radius 2 is 1.62 bits per heavy atom. The number of hydrogen-bond donors (Lipinski definition) is 1. The maximum atomic E-state index is 12.8. The first-order chi connectivity index (χ1) is 19.1. The standard InChI is InChI=1S/C28H31N7O4/c1-37-20-9-5-18(6-10-20)24-23-25(29)35(19-7-11-21(38-2)12-8-19)32-26(23)31-28(30-24)34-15-13-33(14-16-34)27(36)22-4-3-17-39-22/h5-12,22H,3-4,13-17,29H2,1-2H3/t22-/m0/s1. The summed E-state index contributed by atoms with van der Waals surface area (Å²) in [6.45, 7) is 3.05. The first-order valence-corrected chi connectivity index (χ1v) is 13.1. The van der Waals surface area contributed by atoms with Crippen LogP contribution < -0.4 is 20.1 Å². The summed E-state index contributed by atoms with van der Waals surface area (Å²) in [5.41, 5.74) is 9.52. The number of carbonyl (C=O) groups excluding carboxylic acids is 1. The number of nitrogen functional groups attached to an aromatic ring is 1. The first kappa shape index (κ1) is 24.9. The molecule has 202 valence electrons. The van der Waals surface area contributed by atoms with E-state index in [9.17, 15) is 4.79 Å². The van der Waals surface area contributed by atoms with E-state index in [-0.39, 0.29) is 12.0 Å². The molecule has 0 unspecified atom stereocenters. The van der Waals surface area contributed by atoms with E-state index in [2.05, 4.69) is 4.90 Å². The Balaban J connectivity index is 1.37. The summed E-state index contributed by atoms with van der Waals surface area (Å²) in [5.74, 6) is 2.57. The van der Waals surface area contributed by atoms with Gasteiger partial charge in [0, 0.05) is 38.3 Å². The molecule has 1 atom stereocenters. The zero-order chi connectivity index (χ0) is 26.9. The number of methoxy groups -OCH3 is 2. The van der Waals surface area contributed by atoms with E-state index in [1.165, 1.54) is 0 Å². The minimum Gasteiger partial charge on any atom is -0.497 e. The molecule has 2 aromatic carbocycles. The lowest BCUT2D eigenvalue weighted by molar-refractivity contribution is -0.141. The molecule has 0 aliphatic carbocycles. The molecule has 1 amide bonds. The molecular formula is C28H31N7O4. The largest absolute Gasteiger partial charge is 0.497 e. The normalized spacial score (nSPS) is 17.5. The Kier molecular flexibility index (Phi) is 6.65. The lowest BCUT2D eigenvalue weighted by Gasteiger charge is -2.35. The number of amides is 1. The highest BCUT2D eigenvalue weighted by molar-refractivity contribution is 5.99. The van der Waals surface area contributed by atoms with Crippen molar-refractivity contribution < 1.29 is 19.0 Å². The van der Waals surface area contributed by atoms with E-state index in [0.29, 0.717) is 61.3 Å². The molecule has 4 heterocycles. The highest BCUT2D eigenvalue weighted by Gasteiger charge is 2.31. The van der Waals surface area contributed by atoms with Crippen LogP contribution in [0.1, 0.15) is 12.8 Å². The molecule has 0 spiro atoms. The van der Waals surface area contributed by atoms with E-state index in [0.717, 1.165) is 35.6 Å². The average molecular weight is 530 g/mol. The van der Waals surface area contributed by atoms with Crippen molar-refractivity contribution in [2.75, 3.05) is 57.6 Å². The molecule has 2 aliphatic heterocycles. The van der Waals surface area contributed by atoms with Crippen molar-refractivity contribution in [2.24, 2.45) is 0 Å². The number of ether oxygens (including phenoxy) is 3. The second-order valence-electron chi connectivity index (χ2n) is 9.61. The summed E-state index contributed by atoms with van der Waals surface area (Å²) in [4.78, 5) is 26.6. The summed E-state index contributed by atoms with van der Waals surface area (Å²) in [5, 5.41) is 5.45. The number of aromatic nitrogens is 4. The van der Waals surface area contributed by atoms with Crippen LogP contribution in [-0.4, -0.2) is 83.7 Å². The molecule has 11 nitrogen and oxygen atoms in total. The molecule has 39 heavy (non-hydrogen) atoms. The summed E-state index contributed by atoms with van der Waals surface area (Å²) >= 11 is 0. The average Bonchev–Trinajstić information content (AvgIpc) is 3.65. The molecule has 2 aliphatic rings. The van der Waals surface area contributed by atoms with Gasteiger partial charge in [0.2, 0.25) is 5.95 Å². The monoisotopic (exact) mass is 529 g/mol. The quantitative estimate of drug-likeness (QED) is 0.402. The van der Waals surface area contributed by atoms with E-state index in [1.807, 2.05) is 53.4 Å². The van der Waals surface area contributed by atoms with E-state index in [1.54, 1.807) is 18.9 Å². The summed E-state index contributed by atoms with van der Waals surface area (Å²) in [6, 6.07) is 15.2. The molecule has 2 aromatic heterocycles. The minimum absolute atomic E-state index is 0.0773. The van der Waals surface area contributed by atoms with Crippen molar-refractivity contribution >= 4 is 28.7 Å². The predicted molar refractivity (Wildman–Crippen MR) is 147 cm³/mol. The first-order valence-electron chi connectivity index (χ1n) is 13.1. The highest BCUT2D eigenvalue weighted by atomic mass is 16.5. The minimum atomic E-state index is -0.310. The van der Waals surface area contributed by atoms with Gasteiger partial charge in [0.1, 0.15) is 23.4 Å². The third-order valence-corrected chi connectivity index (χ3v) is 7.32.